The minimum Gasteiger partial charge on any atom is -0.311 e. The van der Waals surface area contributed by atoms with E-state index in [0.29, 0.717) is 0 Å². The second-order valence-corrected chi connectivity index (χ2v) is 4.36. The van der Waals surface area contributed by atoms with E-state index in [4.69, 9.17) is 0 Å². The Balaban J connectivity index is 2.19. The highest BCUT2D eigenvalue weighted by Crippen LogP contribution is 2.17. The van der Waals surface area contributed by atoms with Gasteiger partial charge in [-0.05, 0) is 26.1 Å². The van der Waals surface area contributed by atoms with Crippen LogP contribution in [0, 0.1) is 6.92 Å². The molecule has 92 valence electrons. The molecule has 1 unspecified atom stereocenters. The van der Waals surface area contributed by atoms with Crippen LogP contribution in [0.25, 0.3) is 0 Å². The summed E-state index contributed by atoms with van der Waals surface area (Å²) in [7, 11) is 5.88. The van der Waals surface area contributed by atoms with Crippen molar-refractivity contribution in [2.75, 3.05) is 7.05 Å². The fraction of sp³-hybridized carbons (Fsp3) is 0.500. The average molecular weight is 233 g/mol. The Hall–Kier alpha value is -1.62. The van der Waals surface area contributed by atoms with Gasteiger partial charge in [-0.1, -0.05) is 0 Å². The van der Waals surface area contributed by atoms with E-state index >= 15 is 0 Å². The molecule has 0 aromatic carbocycles. The van der Waals surface area contributed by atoms with Crippen molar-refractivity contribution in [1.82, 2.24) is 24.9 Å². The number of hydrogen-bond donors (Lipinski definition) is 1. The number of likely N-dealkylation sites (N-methyl/N-ethyl adjacent to an activating group) is 1. The van der Waals surface area contributed by atoms with Crippen LogP contribution in [0.4, 0.5) is 0 Å². The first-order valence-corrected chi connectivity index (χ1v) is 5.76. The summed E-state index contributed by atoms with van der Waals surface area (Å²) < 4.78 is 3.76. The van der Waals surface area contributed by atoms with Gasteiger partial charge in [-0.25, -0.2) is 0 Å². The molecule has 17 heavy (non-hydrogen) atoms. The lowest BCUT2D eigenvalue weighted by Gasteiger charge is -2.15. The Morgan fingerprint density at radius 3 is 2.59 bits per heavy atom. The van der Waals surface area contributed by atoms with E-state index in [-0.39, 0.29) is 6.04 Å². The Bertz CT molecular complexity index is 497. The first-order chi connectivity index (χ1) is 8.10. The molecular formula is C12H19N5. The van der Waals surface area contributed by atoms with Crippen molar-refractivity contribution in [2.24, 2.45) is 14.1 Å². The summed E-state index contributed by atoms with van der Waals surface area (Å²) in [4.78, 5) is 0. The van der Waals surface area contributed by atoms with Crippen LogP contribution in [0.15, 0.2) is 18.3 Å². The maximum atomic E-state index is 4.41. The third-order valence-electron chi connectivity index (χ3n) is 2.93. The lowest BCUT2D eigenvalue weighted by molar-refractivity contribution is 0.528. The van der Waals surface area contributed by atoms with Gasteiger partial charge >= 0.3 is 0 Å². The van der Waals surface area contributed by atoms with Crippen molar-refractivity contribution in [3.63, 3.8) is 0 Å². The minimum atomic E-state index is 0.246. The normalized spacial score (nSPS) is 12.9. The Morgan fingerprint density at radius 1 is 1.35 bits per heavy atom. The molecule has 0 saturated carbocycles. The summed E-state index contributed by atoms with van der Waals surface area (Å²) in [6.45, 7) is 2.01. The van der Waals surface area contributed by atoms with Crippen LogP contribution in [-0.2, 0) is 20.5 Å². The summed E-state index contributed by atoms with van der Waals surface area (Å²) in [6.07, 6.45) is 2.84. The molecule has 5 nitrogen and oxygen atoms in total. The van der Waals surface area contributed by atoms with Crippen LogP contribution < -0.4 is 5.32 Å². The first kappa shape index (κ1) is 11.9. The molecule has 1 atom stereocenters. The van der Waals surface area contributed by atoms with Crippen molar-refractivity contribution in [3.8, 4) is 0 Å². The van der Waals surface area contributed by atoms with Crippen LogP contribution in [-0.4, -0.2) is 26.6 Å². The Kier molecular flexibility index (Phi) is 3.28. The fourth-order valence-electron chi connectivity index (χ4n) is 2.09. The monoisotopic (exact) mass is 233 g/mol. The summed E-state index contributed by atoms with van der Waals surface area (Å²) in [6, 6.07) is 4.41. The highest BCUT2D eigenvalue weighted by Gasteiger charge is 2.15. The molecule has 0 fully saturated rings. The second kappa shape index (κ2) is 4.71. The fourth-order valence-corrected chi connectivity index (χ4v) is 2.09. The van der Waals surface area contributed by atoms with Gasteiger partial charge in [-0.3, -0.25) is 9.36 Å². The van der Waals surface area contributed by atoms with E-state index < -0.39 is 0 Å². The van der Waals surface area contributed by atoms with Gasteiger partial charge in [-0.2, -0.15) is 10.2 Å². The molecule has 5 heteroatoms. The number of nitrogens with zero attached hydrogens (tertiary/aromatic N) is 4. The van der Waals surface area contributed by atoms with Gasteiger partial charge in [-0.15, -0.1) is 0 Å². The van der Waals surface area contributed by atoms with Crippen molar-refractivity contribution in [1.29, 1.82) is 0 Å². The maximum Gasteiger partial charge on any atom is 0.0644 e. The van der Waals surface area contributed by atoms with E-state index in [1.807, 2.05) is 49.7 Å². The van der Waals surface area contributed by atoms with Gasteiger partial charge in [0, 0.05) is 26.7 Å². The van der Waals surface area contributed by atoms with Crippen LogP contribution in [0.5, 0.6) is 0 Å². The molecule has 0 spiro atoms. The number of rotatable bonds is 4. The standard InChI is InChI=1S/C12H19N5/c1-9-7-12(17(4)14-9)11(13-2)8-10-5-6-16(3)15-10/h5-7,11,13H,8H2,1-4H3. The Morgan fingerprint density at radius 2 is 2.12 bits per heavy atom. The molecule has 0 radical (unpaired) electrons. The van der Waals surface area contributed by atoms with Crippen molar-refractivity contribution >= 4 is 0 Å². The summed E-state index contributed by atoms with van der Waals surface area (Å²) in [5.74, 6) is 0. The number of aromatic nitrogens is 4. The molecule has 1 N–H and O–H groups in total. The molecule has 0 amide bonds. The topological polar surface area (TPSA) is 47.7 Å². The number of hydrogen-bond acceptors (Lipinski definition) is 3. The molecule has 0 aliphatic carbocycles. The highest BCUT2D eigenvalue weighted by atomic mass is 15.3. The van der Waals surface area contributed by atoms with Crippen LogP contribution >= 0.6 is 0 Å². The largest absolute Gasteiger partial charge is 0.311 e. The number of nitrogens with one attached hydrogen (secondary N) is 1. The smallest absolute Gasteiger partial charge is 0.0644 e. The van der Waals surface area contributed by atoms with Crippen LogP contribution in [0.2, 0.25) is 0 Å². The molecule has 0 aliphatic rings. The van der Waals surface area contributed by atoms with E-state index in [2.05, 4.69) is 21.6 Å². The van der Waals surface area contributed by atoms with Gasteiger partial charge in [0.15, 0.2) is 0 Å². The molecule has 2 aromatic heterocycles. The van der Waals surface area contributed by atoms with E-state index in [1.165, 1.54) is 5.69 Å². The highest BCUT2D eigenvalue weighted by molar-refractivity contribution is 5.16. The quantitative estimate of drug-likeness (QED) is 0.856. The molecule has 2 rings (SSSR count). The summed E-state index contributed by atoms with van der Waals surface area (Å²) in [5, 5.41) is 12.1. The lowest BCUT2D eigenvalue weighted by Crippen LogP contribution is -2.21. The summed E-state index contributed by atoms with van der Waals surface area (Å²) >= 11 is 0. The van der Waals surface area contributed by atoms with Crippen molar-refractivity contribution in [3.05, 3.63) is 35.4 Å². The zero-order valence-corrected chi connectivity index (χ0v) is 10.8. The molecule has 2 aromatic rings. The minimum absolute atomic E-state index is 0.246. The molecule has 0 aliphatic heterocycles. The van der Waals surface area contributed by atoms with Crippen LogP contribution in [0.3, 0.4) is 0 Å². The van der Waals surface area contributed by atoms with E-state index in [9.17, 15) is 0 Å². The van der Waals surface area contributed by atoms with Gasteiger partial charge in [0.25, 0.3) is 0 Å². The molecule has 0 bridgehead atoms. The van der Waals surface area contributed by atoms with E-state index in [0.717, 1.165) is 17.8 Å². The van der Waals surface area contributed by atoms with Crippen LogP contribution in [0.1, 0.15) is 23.1 Å². The predicted octanol–water partition coefficient (Wildman–Crippen LogP) is 0.965. The SMILES string of the molecule is CNC(Cc1ccn(C)n1)c1cc(C)nn1C. The van der Waals surface area contributed by atoms with E-state index in [1.54, 1.807) is 0 Å². The summed E-state index contributed by atoms with van der Waals surface area (Å²) in [5.41, 5.74) is 3.32. The van der Waals surface area contributed by atoms with Gasteiger partial charge < -0.3 is 5.32 Å². The molecule has 2 heterocycles. The zero-order valence-electron chi connectivity index (χ0n) is 10.8. The maximum absolute atomic E-state index is 4.41. The number of aryl methyl sites for hydroxylation is 3. The van der Waals surface area contributed by atoms with Gasteiger partial charge in [0.05, 0.1) is 23.1 Å². The third-order valence-corrected chi connectivity index (χ3v) is 2.93. The lowest BCUT2D eigenvalue weighted by atomic mass is 10.1. The van der Waals surface area contributed by atoms with Crippen molar-refractivity contribution in [2.45, 2.75) is 19.4 Å². The van der Waals surface area contributed by atoms with Gasteiger partial charge in [0.2, 0.25) is 0 Å². The second-order valence-electron chi connectivity index (χ2n) is 4.36. The zero-order chi connectivity index (χ0) is 12.4. The molecule has 0 saturated heterocycles. The third kappa shape index (κ3) is 2.55. The average Bonchev–Trinajstić information content (AvgIpc) is 2.82. The first-order valence-electron chi connectivity index (χ1n) is 5.76. The molecular weight excluding hydrogens is 214 g/mol. The predicted molar refractivity (Wildman–Crippen MR) is 66.7 cm³/mol. The van der Waals surface area contributed by atoms with Gasteiger partial charge in [0.1, 0.15) is 0 Å². The van der Waals surface area contributed by atoms with Crippen molar-refractivity contribution < 1.29 is 0 Å². The Labute approximate surface area is 101 Å².